The van der Waals surface area contributed by atoms with Gasteiger partial charge in [0, 0.05) is 38.9 Å². The minimum absolute atomic E-state index is 0.346. The number of likely N-dealkylation sites (N-methyl/N-ethyl adjacent to an activating group) is 1. The molecule has 2 rings (SSSR count). The SMILES string of the molecule is CNCC1CCCCN1c1ccc(S(=O)(=O)N(C)C)cc1. The van der Waals surface area contributed by atoms with Gasteiger partial charge in [-0.25, -0.2) is 12.7 Å². The van der Waals surface area contributed by atoms with Gasteiger partial charge in [-0.15, -0.1) is 0 Å². The molecule has 0 aromatic heterocycles. The van der Waals surface area contributed by atoms with Crippen molar-refractivity contribution < 1.29 is 8.42 Å². The van der Waals surface area contributed by atoms with Crippen molar-refractivity contribution in [1.29, 1.82) is 0 Å². The molecule has 1 aromatic carbocycles. The predicted octanol–water partition coefficient (Wildman–Crippen LogP) is 1.52. The van der Waals surface area contributed by atoms with E-state index < -0.39 is 10.0 Å². The Kier molecular flexibility index (Phi) is 5.24. The highest BCUT2D eigenvalue weighted by molar-refractivity contribution is 7.89. The summed E-state index contributed by atoms with van der Waals surface area (Å²) in [6.45, 7) is 1.99. The predicted molar refractivity (Wildman–Crippen MR) is 86.2 cm³/mol. The molecule has 1 unspecified atom stereocenters. The van der Waals surface area contributed by atoms with Gasteiger partial charge in [-0.05, 0) is 50.6 Å². The van der Waals surface area contributed by atoms with E-state index in [4.69, 9.17) is 0 Å². The molecule has 0 radical (unpaired) electrons. The third-order valence-electron chi connectivity index (χ3n) is 4.01. The highest BCUT2D eigenvalue weighted by Gasteiger charge is 2.23. The molecule has 0 saturated carbocycles. The van der Waals surface area contributed by atoms with Crippen LogP contribution >= 0.6 is 0 Å². The maximum Gasteiger partial charge on any atom is 0.242 e. The van der Waals surface area contributed by atoms with Crippen molar-refractivity contribution in [3.05, 3.63) is 24.3 Å². The van der Waals surface area contributed by atoms with Crippen LogP contribution in [0.3, 0.4) is 0 Å². The first-order chi connectivity index (χ1) is 9.96. The van der Waals surface area contributed by atoms with Gasteiger partial charge in [0.25, 0.3) is 0 Å². The molecule has 0 spiro atoms. The number of piperidine rings is 1. The van der Waals surface area contributed by atoms with Crippen LogP contribution in [0.2, 0.25) is 0 Å². The lowest BCUT2D eigenvalue weighted by Gasteiger charge is -2.37. The Hall–Kier alpha value is -1.11. The number of hydrogen-bond donors (Lipinski definition) is 1. The molecule has 0 aliphatic carbocycles. The molecule has 5 nitrogen and oxygen atoms in total. The average molecular weight is 311 g/mol. The van der Waals surface area contributed by atoms with Gasteiger partial charge in [0.2, 0.25) is 10.0 Å². The van der Waals surface area contributed by atoms with Gasteiger partial charge >= 0.3 is 0 Å². The molecule has 21 heavy (non-hydrogen) atoms. The Bertz CT molecular complexity index is 553. The lowest BCUT2D eigenvalue weighted by molar-refractivity contribution is 0.446. The van der Waals surface area contributed by atoms with E-state index in [0.717, 1.165) is 18.8 Å². The standard InChI is InChI=1S/C15H25N3O2S/c1-16-12-14-6-4-5-11-18(14)13-7-9-15(10-8-13)21(19,20)17(2)3/h7-10,14,16H,4-6,11-12H2,1-3H3. The molecule has 1 fully saturated rings. The smallest absolute Gasteiger partial charge is 0.242 e. The summed E-state index contributed by atoms with van der Waals surface area (Å²) in [5.41, 5.74) is 1.10. The summed E-state index contributed by atoms with van der Waals surface area (Å²) in [4.78, 5) is 2.73. The third kappa shape index (κ3) is 3.56. The van der Waals surface area contributed by atoms with Crippen LogP contribution < -0.4 is 10.2 Å². The number of nitrogens with zero attached hydrogens (tertiary/aromatic N) is 2. The minimum Gasteiger partial charge on any atom is -0.367 e. The normalized spacial score (nSPS) is 20.0. The molecule has 0 amide bonds. The second-order valence-electron chi connectivity index (χ2n) is 5.68. The lowest BCUT2D eigenvalue weighted by Crippen LogP contribution is -2.45. The quantitative estimate of drug-likeness (QED) is 0.896. The fourth-order valence-electron chi connectivity index (χ4n) is 2.81. The van der Waals surface area contributed by atoms with Crippen molar-refractivity contribution >= 4 is 15.7 Å². The maximum atomic E-state index is 12.1. The van der Waals surface area contributed by atoms with Crippen LogP contribution in [0.5, 0.6) is 0 Å². The van der Waals surface area contributed by atoms with Crippen molar-refractivity contribution in [2.45, 2.75) is 30.2 Å². The van der Waals surface area contributed by atoms with Crippen molar-refractivity contribution in [3.8, 4) is 0 Å². The lowest BCUT2D eigenvalue weighted by atomic mass is 10.0. The molecule has 1 atom stereocenters. The Morgan fingerprint density at radius 1 is 1.24 bits per heavy atom. The zero-order valence-corrected chi connectivity index (χ0v) is 13.9. The number of sulfonamides is 1. The molecular weight excluding hydrogens is 286 g/mol. The Morgan fingerprint density at radius 2 is 1.90 bits per heavy atom. The van der Waals surface area contributed by atoms with Crippen molar-refractivity contribution in [3.63, 3.8) is 0 Å². The van der Waals surface area contributed by atoms with Gasteiger partial charge < -0.3 is 10.2 Å². The summed E-state index contributed by atoms with van der Waals surface area (Å²) < 4.78 is 25.4. The fraction of sp³-hybridized carbons (Fsp3) is 0.600. The maximum absolute atomic E-state index is 12.1. The van der Waals surface area contributed by atoms with Crippen LogP contribution in [0.25, 0.3) is 0 Å². The molecule has 1 saturated heterocycles. The number of nitrogens with one attached hydrogen (secondary N) is 1. The van der Waals surface area contributed by atoms with Gasteiger partial charge in [0.1, 0.15) is 0 Å². The summed E-state index contributed by atoms with van der Waals surface area (Å²) in [5.74, 6) is 0. The highest BCUT2D eigenvalue weighted by Crippen LogP contribution is 2.26. The largest absolute Gasteiger partial charge is 0.367 e. The van der Waals surface area contributed by atoms with Crippen LogP contribution in [0.1, 0.15) is 19.3 Å². The second kappa shape index (κ2) is 6.77. The Labute approximate surface area is 128 Å². The van der Waals surface area contributed by atoms with Crippen LogP contribution in [0, 0.1) is 0 Å². The van der Waals surface area contributed by atoms with E-state index in [-0.39, 0.29) is 0 Å². The van der Waals surface area contributed by atoms with Gasteiger partial charge in [0.05, 0.1) is 4.90 Å². The molecule has 118 valence electrons. The summed E-state index contributed by atoms with van der Waals surface area (Å²) in [5, 5.41) is 3.24. The van der Waals surface area contributed by atoms with E-state index in [9.17, 15) is 8.42 Å². The van der Waals surface area contributed by atoms with Gasteiger partial charge in [-0.3, -0.25) is 0 Å². The Morgan fingerprint density at radius 3 is 2.48 bits per heavy atom. The number of benzene rings is 1. The molecule has 1 aliphatic heterocycles. The van der Waals surface area contributed by atoms with Crippen molar-refractivity contribution in [2.24, 2.45) is 0 Å². The van der Waals surface area contributed by atoms with E-state index in [1.54, 1.807) is 26.2 Å². The summed E-state index contributed by atoms with van der Waals surface area (Å²) in [6, 6.07) is 7.74. The minimum atomic E-state index is -3.35. The van der Waals surface area contributed by atoms with E-state index in [0.29, 0.717) is 10.9 Å². The first kappa shape index (κ1) is 16.3. The highest BCUT2D eigenvalue weighted by atomic mass is 32.2. The van der Waals surface area contributed by atoms with Crippen LogP contribution in [-0.2, 0) is 10.0 Å². The molecule has 1 heterocycles. The van der Waals surface area contributed by atoms with Gasteiger partial charge in [-0.2, -0.15) is 0 Å². The van der Waals surface area contributed by atoms with Crippen LogP contribution in [-0.4, -0.2) is 53.0 Å². The topological polar surface area (TPSA) is 52.7 Å². The van der Waals surface area contributed by atoms with E-state index >= 15 is 0 Å². The number of anilines is 1. The first-order valence-corrected chi connectivity index (χ1v) is 8.84. The van der Waals surface area contributed by atoms with Crippen molar-refractivity contribution in [2.75, 3.05) is 39.1 Å². The van der Waals surface area contributed by atoms with E-state index in [2.05, 4.69) is 10.2 Å². The summed E-state index contributed by atoms with van der Waals surface area (Å²) >= 11 is 0. The Balaban J connectivity index is 2.21. The molecule has 1 aromatic rings. The zero-order chi connectivity index (χ0) is 15.5. The van der Waals surface area contributed by atoms with Crippen LogP contribution in [0.4, 0.5) is 5.69 Å². The summed E-state index contributed by atoms with van der Waals surface area (Å²) in [6.07, 6.45) is 3.63. The second-order valence-corrected chi connectivity index (χ2v) is 7.83. The average Bonchev–Trinajstić information content (AvgIpc) is 2.48. The number of hydrogen-bond acceptors (Lipinski definition) is 4. The van der Waals surface area contributed by atoms with Gasteiger partial charge in [-0.1, -0.05) is 0 Å². The molecule has 6 heteroatoms. The monoisotopic (exact) mass is 311 g/mol. The summed E-state index contributed by atoms with van der Waals surface area (Å²) in [7, 11) is 1.73. The van der Waals surface area contributed by atoms with Gasteiger partial charge in [0.15, 0.2) is 0 Å². The van der Waals surface area contributed by atoms with E-state index in [1.165, 1.54) is 23.6 Å². The third-order valence-corrected chi connectivity index (χ3v) is 5.84. The molecule has 0 bridgehead atoms. The first-order valence-electron chi connectivity index (χ1n) is 7.40. The molecule has 1 aliphatic rings. The molecule has 1 N–H and O–H groups in total. The zero-order valence-electron chi connectivity index (χ0n) is 13.0. The number of rotatable bonds is 5. The fourth-order valence-corrected chi connectivity index (χ4v) is 3.71. The van der Waals surface area contributed by atoms with E-state index in [1.807, 2.05) is 19.2 Å². The van der Waals surface area contributed by atoms with Crippen molar-refractivity contribution in [1.82, 2.24) is 9.62 Å². The van der Waals surface area contributed by atoms with Crippen LogP contribution in [0.15, 0.2) is 29.2 Å². The molecular formula is C15H25N3O2S.